The largest absolute Gasteiger partial charge is 0.459 e. The number of rotatable bonds is 4. The van der Waals surface area contributed by atoms with Crippen LogP contribution in [-0.2, 0) is 0 Å². The smallest absolute Gasteiger partial charge is 0.137 e. The molecule has 1 N–H and O–H groups in total. The van der Waals surface area contributed by atoms with E-state index in [1.165, 1.54) is 0 Å². The number of hydrogen-bond donors (Lipinski definition) is 1. The molecule has 0 spiro atoms. The van der Waals surface area contributed by atoms with Crippen molar-refractivity contribution >= 4 is 0 Å². The van der Waals surface area contributed by atoms with Crippen LogP contribution in [0.5, 0.6) is 0 Å². The summed E-state index contributed by atoms with van der Waals surface area (Å²) in [6.45, 7) is 2.07. The first-order chi connectivity index (χ1) is 9.78. The van der Waals surface area contributed by atoms with E-state index in [0.29, 0.717) is 0 Å². The summed E-state index contributed by atoms with van der Waals surface area (Å²) in [6.07, 6.45) is 3.79. The molecule has 0 fully saturated rings. The van der Waals surface area contributed by atoms with Crippen LogP contribution in [0.15, 0.2) is 59.3 Å². The van der Waals surface area contributed by atoms with Crippen molar-refractivity contribution in [2.75, 3.05) is 7.05 Å². The molecular formula is C16H17N3O. The van der Waals surface area contributed by atoms with Crippen molar-refractivity contribution in [3.63, 3.8) is 0 Å². The summed E-state index contributed by atoms with van der Waals surface area (Å²) in [4.78, 5) is 0. The van der Waals surface area contributed by atoms with Crippen LogP contribution in [0, 0.1) is 0 Å². The van der Waals surface area contributed by atoms with Crippen molar-refractivity contribution in [3.05, 3.63) is 60.6 Å². The van der Waals surface area contributed by atoms with E-state index in [9.17, 15) is 0 Å². The van der Waals surface area contributed by atoms with Gasteiger partial charge in [0, 0.05) is 6.20 Å². The number of nitrogens with one attached hydrogen (secondary N) is 1. The maximum absolute atomic E-state index is 5.86. The van der Waals surface area contributed by atoms with Crippen LogP contribution in [0.2, 0.25) is 0 Å². The van der Waals surface area contributed by atoms with Crippen LogP contribution in [0.4, 0.5) is 0 Å². The lowest BCUT2D eigenvalue weighted by Gasteiger charge is -2.05. The van der Waals surface area contributed by atoms with Gasteiger partial charge in [-0.25, -0.2) is 4.68 Å². The highest BCUT2D eigenvalue weighted by molar-refractivity contribution is 5.56. The SMILES string of the molecule is CNC(C)c1ccc(-c2cnn(-c3ccccc3)c2)o1. The third-order valence-corrected chi connectivity index (χ3v) is 3.37. The van der Waals surface area contributed by atoms with Crippen LogP contribution >= 0.6 is 0 Å². The van der Waals surface area contributed by atoms with Crippen molar-refractivity contribution in [2.45, 2.75) is 13.0 Å². The number of hydrogen-bond acceptors (Lipinski definition) is 3. The van der Waals surface area contributed by atoms with E-state index in [2.05, 4.69) is 17.3 Å². The van der Waals surface area contributed by atoms with E-state index in [1.54, 1.807) is 0 Å². The van der Waals surface area contributed by atoms with E-state index in [4.69, 9.17) is 4.42 Å². The first kappa shape index (κ1) is 12.7. The highest BCUT2D eigenvalue weighted by Gasteiger charge is 2.11. The fourth-order valence-electron chi connectivity index (χ4n) is 2.05. The summed E-state index contributed by atoms with van der Waals surface area (Å²) in [6, 6.07) is 14.2. The molecule has 4 nitrogen and oxygen atoms in total. The van der Waals surface area contributed by atoms with Gasteiger partial charge in [-0.3, -0.25) is 0 Å². The van der Waals surface area contributed by atoms with Gasteiger partial charge in [0.15, 0.2) is 0 Å². The Kier molecular flexibility index (Phi) is 3.39. The molecule has 0 radical (unpaired) electrons. The fourth-order valence-corrected chi connectivity index (χ4v) is 2.05. The zero-order chi connectivity index (χ0) is 13.9. The molecule has 2 aromatic heterocycles. The Morgan fingerprint density at radius 3 is 2.70 bits per heavy atom. The monoisotopic (exact) mass is 267 g/mol. The van der Waals surface area contributed by atoms with E-state index >= 15 is 0 Å². The lowest BCUT2D eigenvalue weighted by Crippen LogP contribution is -2.10. The average molecular weight is 267 g/mol. The quantitative estimate of drug-likeness (QED) is 0.787. The van der Waals surface area contributed by atoms with Gasteiger partial charge in [-0.15, -0.1) is 0 Å². The summed E-state index contributed by atoms with van der Waals surface area (Å²) in [7, 11) is 1.92. The maximum atomic E-state index is 5.86. The molecule has 0 saturated heterocycles. The second-order valence-corrected chi connectivity index (χ2v) is 4.72. The van der Waals surface area contributed by atoms with Gasteiger partial charge in [0.05, 0.1) is 23.5 Å². The van der Waals surface area contributed by atoms with E-state index in [1.807, 2.05) is 66.6 Å². The third-order valence-electron chi connectivity index (χ3n) is 3.37. The molecule has 1 atom stereocenters. The predicted molar refractivity (Wildman–Crippen MR) is 78.7 cm³/mol. The van der Waals surface area contributed by atoms with Crippen LogP contribution in [0.3, 0.4) is 0 Å². The topological polar surface area (TPSA) is 43.0 Å². The van der Waals surface area contributed by atoms with Gasteiger partial charge < -0.3 is 9.73 Å². The number of furan rings is 1. The van der Waals surface area contributed by atoms with Crippen molar-refractivity contribution < 1.29 is 4.42 Å². The van der Waals surface area contributed by atoms with Crippen LogP contribution < -0.4 is 5.32 Å². The molecule has 3 rings (SSSR count). The Balaban J connectivity index is 1.89. The minimum atomic E-state index is 0.202. The molecule has 20 heavy (non-hydrogen) atoms. The number of benzene rings is 1. The second kappa shape index (κ2) is 5.35. The molecule has 0 aliphatic rings. The Bertz CT molecular complexity index is 685. The van der Waals surface area contributed by atoms with Crippen LogP contribution in [0.1, 0.15) is 18.7 Å². The van der Waals surface area contributed by atoms with Crippen molar-refractivity contribution in [2.24, 2.45) is 0 Å². The highest BCUT2D eigenvalue weighted by Crippen LogP contribution is 2.25. The summed E-state index contributed by atoms with van der Waals surface area (Å²) in [5.74, 6) is 1.76. The molecule has 0 saturated carbocycles. The van der Waals surface area contributed by atoms with Crippen LogP contribution in [0.25, 0.3) is 17.0 Å². The summed E-state index contributed by atoms with van der Waals surface area (Å²) >= 11 is 0. The zero-order valence-electron chi connectivity index (χ0n) is 11.6. The molecule has 102 valence electrons. The summed E-state index contributed by atoms with van der Waals surface area (Å²) in [5.41, 5.74) is 2.01. The van der Waals surface area contributed by atoms with Gasteiger partial charge in [0.25, 0.3) is 0 Å². The average Bonchev–Trinajstić information content (AvgIpc) is 3.16. The lowest BCUT2D eigenvalue weighted by atomic mass is 10.2. The predicted octanol–water partition coefficient (Wildman–Crippen LogP) is 3.41. The maximum Gasteiger partial charge on any atom is 0.137 e. The Morgan fingerprint density at radius 2 is 1.95 bits per heavy atom. The second-order valence-electron chi connectivity index (χ2n) is 4.72. The molecule has 0 amide bonds. The first-order valence-electron chi connectivity index (χ1n) is 6.65. The van der Waals surface area contributed by atoms with Crippen molar-refractivity contribution in [1.82, 2.24) is 15.1 Å². The minimum Gasteiger partial charge on any atom is -0.459 e. The standard InChI is InChI=1S/C16H17N3O/c1-12(17-2)15-8-9-16(20-15)13-10-18-19(11-13)14-6-4-3-5-7-14/h3-12,17H,1-2H3. The van der Waals surface area contributed by atoms with E-state index < -0.39 is 0 Å². The lowest BCUT2D eigenvalue weighted by molar-refractivity contribution is 0.458. The molecule has 0 aliphatic carbocycles. The highest BCUT2D eigenvalue weighted by atomic mass is 16.3. The van der Waals surface area contributed by atoms with Crippen molar-refractivity contribution in [3.8, 4) is 17.0 Å². The Labute approximate surface area is 118 Å². The summed E-state index contributed by atoms with van der Waals surface area (Å²) < 4.78 is 7.70. The molecule has 1 aromatic carbocycles. The van der Waals surface area contributed by atoms with Gasteiger partial charge in [-0.1, -0.05) is 18.2 Å². The number of nitrogens with zero attached hydrogens (tertiary/aromatic N) is 2. The van der Waals surface area contributed by atoms with Gasteiger partial charge in [0.1, 0.15) is 11.5 Å². The molecule has 0 bridgehead atoms. The molecule has 0 aliphatic heterocycles. The Morgan fingerprint density at radius 1 is 1.15 bits per heavy atom. The number of aromatic nitrogens is 2. The Hall–Kier alpha value is -2.33. The third kappa shape index (κ3) is 2.38. The molecular weight excluding hydrogens is 250 g/mol. The molecule has 3 aromatic rings. The minimum absolute atomic E-state index is 0.202. The number of para-hydroxylation sites is 1. The van der Waals surface area contributed by atoms with Gasteiger partial charge in [0.2, 0.25) is 0 Å². The molecule has 2 heterocycles. The fraction of sp³-hybridized carbons (Fsp3) is 0.188. The van der Waals surface area contributed by atoms with E-state index in [0.717, 1.165) is 22.8 Å². The van der Waals surface area contributed by atoms with Crippen molar-refractivity contribution in [1.29, 1.82) is 0 Å². The van der Waals surface area contributed by atoms with Crippen LogP contribution in [-0.4, -0.2) is 16.8 Å². The zero-order valence-corrected chi connectivity index (χ0v) is 11.6. The van der Waals surface area contributed by atoms with Gasteiger partial charge >= 0.3 is 0 Å². The van der Waals surface area contributed by atoms with Gasteiger partial charge in [-0.05, 0) is 38.2 Å². The molecule has 4 heteroatoms. The van der Waals surface area contributed by atoms with E-state index in [-0.39, 0.29) is 6.04 Å². The van der Waals surface area contributed by atoms with Gasteiger partial charge in [-0.2, -0.15) is 5.10 Å². The molecule has 1 unspecified atom stereocenters. The summed E-state index contributed by atoms with van der Waals surface area (Å²) in [5, 5.41) is 7.54. The first-order valence-corrected chi connectivity index (χ1v) is 6.65. The normalized spacial score (nSPS) is 12.5.